The van der Waals surface area contributed by atoms with Gasteiger partial charge in [0, 0.05) is 24.0 Å². The molecule has 1 aromatic carbocycles. The Morgan fingerprint density at radius 2 is 1.85 bits per heavy atom. The average Bonchev–Trinajstić information content (AvgIpc) is 2.99. The summed E-state index contributed by atoms with van der Waals surface area (Å²) in [7, 11) is 0. The molecule has 0 saturated heterocycles. The molecule has 4 rings (SSSR count). The molecule has 5 heteroatoms. The lowest BCUT2D eigenvalue weighted by atomic mass is 9.86. The van der Waals surface area contributed by atoms with Crippen LogP contribution >= 0.6 is 11.3 Å². The first-order valence-corrected chi connectivity index (χ1v) is 10.6. The Bertz CT molecular complexity index is 861. The second kappa shape index (κ2) is 6.64. The first-order valence-electron chi connectivity index (χ1n) is 9.80. The molecule has 0 bridgehead atoms. The van der Waals surface area contributed by atoms with Gasteiger partial charge >= 0.3 is 0 Å². The lowest BCUT2D eigenvalue weighted by Gasteiger charge is -2.31. The second-order valence-electron chi connectivity index (χ2n) is 8.94. The summed E-state index contributed by atoms with van der Waals surface area (Å²) in [6.45, 7) is 13.1. The van der Waals surface area contributed by atoms with Gasteiger partial charge in [0.2, 0.25) is 0 Å². The van der Waals surface area contributed by atoms with E-state index in [9.17, 15) is 4.79 Å². The molecule has 0 saturated carbocycles. The van der Waals surface area contributed by atoms with Crippen molar-refractivity contribution in [1.82, 2.24) is 10.2 Å². The van der Waals surface area contributed by atoms with Crippen LogP contribution in [-0.4, -0.2) is 23.4 Å². The summed E-state index contributed by atoms with van der Waals surface area (Å²) in [5.74, 6) is 0.0594. The number of anilines is 1. The van der Waals surface area contributed by atoms with Crippen molar-refractivity contribution in [2.24, 2.45) is 0 Å². The summed E-state index contributed by atoms with van der Waals surface area (Å²) < 4.78 is 0. The maximum absolute atomic E-state index is 12.9. The van der Waals surface area contributed by atoms with Crippen LogP contribution in [-0.2, 0) is 18.4 Å². The van der Waals surface area contributed by atoms with Crippen LogP contribution in [0.25, 0.3) is 0 Å². The van der Waals surface area contributed by atoms with Crippen molar-refractivity contribution < 1.29 is 4.79 Å². The molecule has 2 aliphatic heterocycles. The van der Waals surface area contributed by atoms with Crippen molar-refractivity contribution in [3.8, 4) is 0 Å². The zero-order chi connectivity index (χ0) is 19.3. The van der Waals surface area contributed by atoms with Crippen LogP contribution in [0.15, 0.2) is 24.3 Å². The Balaban J connectivity index is 1.60. The minimum absolute atomic E-state index is 0.0594. The number of nitrogens with zero attached hydrogens (tertiary/aromatic N) is 1. The summed E-state index contributed by atoms with van der Waals surface area (Å²) in [6, 6.07) is 9.11. The third-order valence-electron chi connectivity index (χ3n) is 5.70. The van der Waals surface area contributed by atoms with Crippen LogP contribution < -0.4 is 10.6 Å². The third kappa shape index (κ3) is 3.39. The summed E-state index contributed by atoms with van der Waals surface area (Å²) in [6.07, 6.45) is 0.791. The number of hydrogen-bond acceptors (Lipinski definition) is 4. The normalized spacial score (nSPS) is 20.1. The maximum atomic E-state index is 12.9. The van der Waals surface area contributed by atoms with Crippen LogP contribution in [0, 0.1) is 0 Å². The largest absolute Gasteiger partial charge is 0.353 e. The van der Waals surface area contributed by atoms with E-state index < -0.39 is 0 Å². The summed E-state index contributed by atoms with van der Waals surface area (Å²) in [5.41, 5.74) is 4.65. The van der Waals surface area contributed by atoms with Gasteiger partial charge in [-0.1, -0.05) is 45.0 Å². The molecule has 1 amide bonds. The summed E-state index contributed by atoms with van der Waals surface area (Å²) >= 11 is 1.75. The predicted molar refractivity (Wildman–Crippen MR) is 113 cm³/mol. The van der Waals surface area contributed by atoms with E-state index in [4.69, 9.17) is 0 Å². The number of amides is 1. The zero-order valence-electron chi connectivity index (χ0n) is 16.8. The van der Waals surface area contributed by atoms with E-state index in [-0.39, 0.29) is 17.5 Å². The quantitative estimate of drug-likeness (QED) is 0.792. The smallest absolute Gasteiger partial charge is 0.256 e. The topological polar surface area (TPSA) is 44.4 Å². The van der Waals surface area contributed by atoms with Crippen molar-refractivity contribution >= 4 is 22.2 Å². The second-order valence-corrected chi connectivity index (χ2v) is 10.1. The molecule has 0 fully saturated rings. The molecule has 0 spiro atoms. The SMILES string of the molecule is CC(C)N1CCc2c(sc3c2C(=O)N[C@H](c2ccc(C(C)(C)C)cc2)N3)C1. The fourth-order valence-corrected chi connectivity index (χ4v) is 5.22. The molecule has 1 aromatic heterocycles. The summed E-state index contributed by atoms with van der Waals surface area (Å²) in [4.78, 5) is 16.7. The number of rotatable bonds is 2. The van der Waals surface area contributed by atoms with E-state index >= 15 is 0 Å². The summed E-state index contributed by atoms with van der Waals surface area (Å²) in [5, 5.41) is 7.76. The van der Waals surface area contributed by atoms with Crippen molar-refractivity contribution in [2.45, 2.75) is 65.2 Å². The van der Waals surface area contributed by atoms with Crippen LogP contribution in [0.2, 0.25) is 0 Å². The number of benzene rings is 1. The monoisotopic (exact) mass is 383 g/mol. The Labute approximate surface area is 166 Å². The molecule has 0 unspecified atom stereocenters. The van der Waals surface area contributed by atoms with Gasteiger partial charge < -0.3 is 10.6 Å². The van der Waals surface area contributed by atoms with Gasteiger partial charge in [0.15, 0.2) is 0 Å². The third-order valence-corrected chi connectivity index (χ3v) is 6.85. The van der Waals surface area contributed by atoms with Crippen molar-refractivity contribution in [3.05, 3.63) is 51.4 Å². The number of thiophene rings is 1. The Hall–Kier alpha value is -1.85. The highest BCUT2D eigenvalue weighted by molar-refractivity contribution is 7.16. The van der Waals surface area contributed by atoms with Crippen molar-refractivity contribution in [2.75, 3.05) is 11.9 Å². The molecule has 144 valence electrons. The number of carbonyl (C=O) groups excluding carboxylic acids is 1. The van der Waals surface area contributed by atoms with E-state index in [0.29, 0.717) is 6.04 Å². The van der Waals surface area contributed by atoms with E-state index in [0.717, 1.165) is 35.6 Å². The van der Waals surface area contributed by atoms with E-state index in [1.165, 1.54) is 16.0 Å². The molecule has 2 aromatic rings. The fraction of sp³-hybridized carbons (Fsp3) is 0.500. The van der Waals surface area contributed by atoms with Crippen LogP contribution in [0.4, 0.5) is 5.00 Å². The van der Waals surface area contributed by atoms with Gasteiger partial charge in [-0.25, -0.2) is 0 Å². The maximum Gasteiger partial charge on any atom is 0.256 e. The van der Waals surface area contributed by atoms with E-state index in [1.807, 2.05) is 0 Å². The average molecular weight is 384 g/mol. The van der Waals surface area contributed by atoms with E-state index in [2.05, 4.69) is 74.4 Å². The Morgan fingerprint density at radius 1 is 1.15 bits per heavy atom. The molecular formula is C22H29N3OS. The van der Waals surface area contributed by atoms with Crippen LogP contribution in [0.3, 0.4) is 0 Å². The molecular weight excluding hydrogens is 354 g/mol. The lowest BCUT2D eigenvalue weighted by molar-refractivity contribution is 0.0934. The molecule has 3 heterocycles. The minimum atomic E-state index is -0.166. The molecule has 4 nitrogen and oxygen atoms in total. The van der Waals surface area contributed by atoms with Gasteiger partial charge in [-0.2, -0.15) is 0 Å². The zero-order valence-corrected chi connectivity index (χ0v) is 17.7. The highest BCUT2D eigenvalue weighted by Gasteiger charge is 2.33. The van der Waals surface area contributed by atoms with Gasteiger partial charge in [0.05, 0.1) is 5.56 Å². The molecule has 0 aliphatic carbocycles. The molecule has 2 aliphatic rings. The minimum Gasteiger partial charge on any atom is -0.353 e. The first-order chi connectivity index (χ1) is 12.7. The van der Waals surface area contributed by atoms with Gasteiger partial charge in [-0.05, 0) is 42.4 Å². The molecule has 0 radical (unpaired) electrons. The highest BCUT2D eigenvalue weighted by atomic mass is 32.1. The van der Waals surface area contributed by atoms with Gasteiger partial charge in [-0.3, -0.25) is 9.69 Å². The number of fused-ring (bicyclic) bond motifs is 3. The first kappa shape index (κ1) is 18.5. The molecule has 2 N–H and O–H groups in total. The number of carbonyl (C=O) groups is 1. The predicted octanol–water partition coefficient (Wildman–Crippen LogP) is 4.67. The van der Waals surface area contributed by atoms with Crippen LogP contribution in [0.5, 0.6) is 0 Å². The number of hydrogen-bond donors (Lipinski definition) is 2. The van der Waals surface area contributed by atoms with Crippen molar-refractivity contribution in [3.63, 3.8) is 0 Å². The van der Waals surface area contributed by atoms with E-state index in [1.54, 1.807) is 11.3 Å². The molecule has 1 atom stereocenters. The lowest BCUT2D eigenvalue weighted by Crippen LogP contribution is -2.39. The Morgan fingerprint density at radius 3 is 2.48 bits per heavy atom. The fourth-order valence-electron chi connectivity index (χ4n) is 3.92. The van der Waals surface area contributed by atoms with Gasteiger partial charge in [-0.15, -0.1) is 11.3 Å². The Kier molecular flexibility index (Phi) is 4.55. The van der Waals surface area contributed by atoms with Crippen molar-refractivity contribution in [1.29, 1.82) is 0 Å². The number of nitrogens with one attached hydrogen (secondary N) is 2. The van der Waals surface area contributed by atoms with Gasteiger partial charge in [0.1, 0.15) is 11.2 Å². The highest BCUT2D eigenvalue weighted by Crippen LogP contribution is 2.41. The standard InChI is InChI=1S/C22H29N3OS/c1-13(2)25-11-10-16-17(12-25)27-21-18(16)20(26)23-19(24-21)14-6-8-15(9-7-14)22(3,4)5/h6-9,13,19,24H,10-12H2,1-5H3,(H,23,26)/t19-/m0/s1. The van der Waals surface area contributed by atoms with Crippen LogP contribution in [0.1, 0.15) is 72.7 Å². The van der Waals surface area contributed by atoms with Gasteiger partial charge in [0.25, 0.3) is 5.91 Å². The molecule has 27 heavy (non-hydrogen) atoms.